The number of rotatable bonds is 8. The summed E-state index contributed by atoms with van der Waals surface area (Å²) in [5.41, 5.74) is 1.43. The fraction of sp³-hybridized carbons (Fsp3) is 0.227. The number of para-hydroxylation sites is 1. The van der Waals surface area contributed by atoms with Crippen molar-refractivity contribution in [3.8, 4) is 17.0 Å². The monoisotopic (exact) mass is 395 g/mol. The number of hydrogen-bond acceptors (Lipinski definition) is 4. The summed E-state index contributed by atoms with van der Waals surface area (Å²) in [6.45, 7) is 2.26. The van der Waals surface area contributed by atoms with Crippen molar-refractivity contribution in [2.45, 2.75) is 26.0 Å². The molecule has 0 fully saturated rings. The molecule has 150 valence electrons. The van der Waals surface area contributed by atoms with E-state index in [1.54, 1.807) is 25.1 Å². The predicted octanol–water partition coefficient (Wildman–Crippen LogP) is 3.02. The van der Waals surface area contributed by atoms with Gasteiger partial charge in [-0.15, -0.1) is 0 Å². The van der Waals surface area contributed by atoms with Crippen molar-refractivity contribution < 1.29 is 13.9 Å². The fourth-order valence-corrected chi connectivity index (χ4v) is 2.74. The standard InChI is InChI=1S/C22H22FN3O3/c1-16(29-20-11-6-5-10-18(20)23)22(28)24-14-7-15-26-21(27)13-12-19(25-26)17-8-3-2-4-9-17/h2-6,8-13,16H,7,14-15H2,1H3,(H,24,28)/t16-/m0/s1. The van der Waals surface area contributed by atoms with Crippen LogP contribution in [0.15, 0.2) is 71.5 Å². The van der Waals surface area contributed by atoms with Gasteiger partial charge in [0.15, 0.2) is 17.7 Å². The van der Waals surface area contributed by atoms with Crippen LogP contribution in [0.1, 0.15) is 13.3 Å². The molecule has 0 aliphatic rings. The Morgan fingerprint density at radius 1 is 1.10 bits per heavy atom. The average molecular weight is 395 g/mol. The SMILES string of the molecule is C[C@H](Oc1ccccc1F)C(=O)NCCCn1nc(-c2ccccc2)ccc1=O. The smallest absolute Gasteiger partial charge is 0.266 e. The fourth-order valence-electron chi connectivity index (χ4n) is 2.74. The summed E-state index contributed by atoms with van der Waals surface area (Å²) in [4.78, 5) is 24.2. The molecule has 0 bridgehead atoms. The lowest BCUT2D eigenvalue weighted by Gasteiger charge is -2.15. The van der Waals surface area contributed by atoms with Crippen LogP contribution in [0.25, 0.3) is 11.3 Å². The highest BCUT2D eigenvalue weighted by Gasteiger charge is 2.15. The van der Waals surface area contributed by atoms with Crippen molar-refractivity contribution in [3.63, 3.8) is 0 Å². The highest BCUT2D eigenvalue weighted by molar-refractivity contribution is 5.80. The van der Waals surface area contributed by atoms with Crippen LogP contribution in [-0.4, -0.2) is 28.3 Å². The lowest BCUT2D eigenvalue weighted by atomic mass is 10.1. The number of nitrogens with zero attached hydrogens (tertiary/aromatic N) is 2. The van der Waals surface area contributed by atoms with Gasteiger partial charge in [-0.1, -0.05) is 42.5 Å². The van der Waals surface area contributed by atoms with E-state index in [0.717, 1.165) is 5.56 Å². The maximum atomic E-state index is 13.6. The molecule has 1 N–H and O–H groups in total. The maximum absolute atomic E-state index is 13.6. The summed E-state index contributed by atoms with van der Waals surface area (Å²) >= 11 is 0. The number of amides is 1. The molecule has 2 aromatic carbocycles. The van der Waals surface area contributed by atoms with Gasteiger partial charge in [-0.05, 0) is 31.5 Å². The van der Waals surface area contributed by atoms with Gasteiger partial charge in [-0.2, -0.15) is 5.10 Å². The second-order valence-electron chi connectivity index (χ2n) is 6.48. The van der Waals surface area contributed by atoms with Crippen LogP contribution in [0.3, 0.4) is 0 Å². The summed E-state index contributed by atoms with van der Waals surface area (Å²) in [5, 5.41) is 7.11. The second-order valence-corrected chi connectivity index (χ2v) is 6.48. The van der Waals surface area contributed by atoms with E-state index in [1.165, 1.54) is 22.9 Å². The highest BCUT2D eigenvalue weighted by atomic mass is 19.1. The van der Waals surface area contributed by atoms with E-state index < -0.39 is 11.9 Å². The molecule has 1 amide bonds. The number of halogens is 1. The van der Waals surface area contributed by atoms with Gasteiger partial charge in [0.2, 0.25) is 0 Å². The molecule has 0 spiro atoms. The van der Waals surface area contributed by atoms with Gasteiger partial charge in [-0.25, -0.2) is 9.07 Å². The predicted molar refractivity (Wildman–Crippen MR) is 108 cm³/mol. The third-order valence-electron chi connectivity index (χ3n) is 4.29. The summed E-state index contributed by atoms with van der Waals surface area (Å²) in [5.74, 6) is -0.842. The van der Waals surface area contributed by atoms with Gasteiger partial charge in [0.25, 0.3) is 11.5 Å². The van der Waals surface area contributed by atoms with E-state index in [9.17, 15) is 14.0 Å². The van der Waals surface area contributed by atoms with Crippen molar-refractivity contribution >= 4 is 5.91 Å². The first kappa shape index (κ1) is 20.3. The first-order valence-electron chi connectivity index (χ1n) is 9.37. The lowest BCUT2D eigenvalue weighted by molar-refractivity contribution is -0.127. The molecule has 0 aliphatic carbocycles. The topological polar surface area (TPSA) is 73.2 Å². The van der Waals surface area contributed by atoms with Crippen LogP contribution in [-0.2, 0) is 11.3 Å². The van der Waals surface area contributed by atoms with Crippen LogP contribution in [0.4, 0.5) is 4.39 Å². The van der Waals surface area contributed by atoms with E-state index in [2.05, 4.69) is 10.4 Å². The summed E-state index contributed by atoms with van der Waals surface area (Å²) < 4.78 is 20.3. The van der Waals surface area contributed by atoms with Crippen molar-refractivity contribution in [1.82, 2.24) is 15.1 Å². The first-order chi connectivity index (χ1) is 14.0. The largest absolute Gasteiger partial charge is 0.478 e. The molecule has 1 atom stereocenters. The maximum Gasteiger partial charge on any atom is 0.266 e. The molecular weight excluding hydrogens is 373 g/mol. The minimum absolute atomic E-state index is 0.0311. The highest BCUT2D eigenvalue weighted by Crippen LogP contribution is 2.17. The van der Waals surface area contributed by atoms with Crippen molar-refractivity contribution in [1.29, 1.82) is 0 Å². The van der Waals surface area contributed by atoms with Gasteiger partial charge in [-0.3, -0.25) is 9.59 Å². The van der Waals surface area contributed by atoms with Gasteiger partial charge in [0, 0.05) is 24.7 Å². The number of hydrogen-bond donors (Lipinski definition) is 1. The molecule has 6 nitrogen and oxygen atoms in total. The van der Waals surface area contributed by atoms with Crippen LogP contribution in [0, 0.1) is 5.82 Å². The Morgan fingerprint density at radius 3 is 2.59 bits per heavy atom. The molecule has 0 saturated carbocycles. The van der Waals surface area contributed by atoms with Crippen LogP contribution < -0.4 is 15.6 Å². The summed E-state index contributed by atoms with van der Waals surface area (Å²) in [6.07, 6.45) is -0.322. The summed E-state index contributed by atoms with van der Waals surface area (Å²) in [7, 11) is 0. The number of benzene rings is 2. The average Bonchev–Trinajstić information content (AvgIpc) is 2.74. The molecule has 0 radical (unpaired) electrons. The minimum Gasteiger partial charge on any atom is -0.478 e. The van der Waals surface area contributed by atoms with Gasteiger partial charge in [0.1, 0.15) is 0 Å². The van der Waals surface area contributed by atoms with Crippen LogP contribution in [0.5, 0.6) is 5.75 Å². The Kier molecular flexibility index (Phi) is 6.73. The van der Waals surface area contributed by atoms with Crippen molar-refractivity contribution in [2.24, 2.45) is 0 Å². The Hall–Kier alpha value is -3.48. The zero-order valence-electron chi connectivity index (χ0n) is 16.0. The molecule has 3 aromatic rings. The van der Waals surface area contributed by atoms with Crippen molar-refractivity contribution in [3.05, 3.63) is 82.9 Å². The molecule has 0 saturated heterocycles. The normalized spacial score (nSPS) is 11.7. The molecule has 0 unspecified atom stereocenters. The number of ether oxygens (including phenoxy) is 1. The van der Waals surface area contributed by atoms with Crippen molar-refractivity contribution in [2.75, 3.05) is 6.54 Å². The molecule has 7 heteroatoms. The Morgan fingerprint density at radius 2 is 1.83 bits per heavy atom. The summed E-state index contributed by atoms with van der Waals surface area (Å²) in [6, 6.07) is 18.7. The number of nitrogens with one attached hydrogen (secondary N) is 1. The zero-order valence-corrected chi connectivity index (χ0v) is 16.0. The van der Waals surface area contributed by atoms with E-state index in [1.807, 2.05) is 30.3 Å². The minimum atomic E-state index is -0.839. The number of carbonyl (C=O) groups is 1. The first-order valence-corrected chi connectivity index (χ1v) is 9.37. The van der Waals surface area contributed by atoms with Crippen LogP contribution >= 0.6 is 0 Å². The van der Waals surface area contributed by atoms with E-state index in [4.69, 9.17) is 4.74 Å². The Labute approximate surface area is 168 Å². The second kappa shape index (κ2) is 9.64. The zero-order chi connectivity index (χ0) is 20.6. The molecule has 0 aliphatic heterocycles. The quantitative estimate of drug-likeness (QED) is 0.595. The van der Waals surface area contributed by atoms with Gasteiger partial charge in [0.05, 0.1) is 5.69 Å². The van der Waals surface area contributed by atoms with E-state index in [-0.39, 0.29) is 17.2 Å². The van der Waals surface area contributed by atoms with Crippen LogP contribution in [0.2, 0.25) is 0 Å². The Bertz CT molecular complexity index is 1020. The molecule has 1 heterocycles. The lowest BCUT2D eigenvalue weighted by Crippen LogP contribution is -2.37. The number of carbonyl (C=O) groups excluding carboxylic acids is 1. The van der Waals surface area contributed by atoms with Gasteiger partial charge >= 0.3 is 0 Å². The third-order valence-corrected chi connectivity index (χ3v) is 4.29. The molecule has 3 rings (SSSR count). The molecular formula is C22H22FN3O3. The molecule has 29 heavy (non-hydrogen) atoms. The number of aryl methyl sites for hydroxylation is 1. The van der Waals surface area contributed by atoms with Gasteiger partial charge < -0.3 is 10.1 Å². The third kappa shape index (κ3) is 5.51. The van der Waals surface area contributed by atoms with E-state index in [0.29, 0.717) is 25.2 Å². The number of aromatic nitrogens is 2. The van der Waals surface area contributed by atoms with E-state index >= 15 is 0 Å². The Balaban J connectivity index is 1.51. The molecule has 1 aromatic heterocycles.